The van der Waals surface area contributed by atoms with E-state index >= 15 is 0 Å². The van der Waals surface area contributed by atoms with Crippen LogP contribution in [0.4, 0.5) is 14.9 Å². The van der Waals surface area contributed by atoms with Gasteiger partial charge in [-0.15, -0.1) is 0 Å². The van der Waals surface area contributed by atoms with Crippen LogP contribution in [0.2, 0.25) is 0 Å². The number of ether oxygens (including phenoxy) is 2. The highest BCUT2D eigenvalue weighted by Crippen LogP contribution is 2.29. The number of benzene rings is 3. The molecule has 0 atom stereocenters. The number of rotatable bonds is 6. The first-order valence-corrected chi connectivity index (χ1v) is 10.4. The number of amides is 4. The van der Waals surface area contributed by atoms with Crippen molar-refractivity contribution in [2.24, 2.45) is 0 Å². The fraction of sp³-hybridized carbons (Fsp3) is 0.115. The number of halogens is 1. The third-order valence-corrected chi connectivity index (χ3v) is 5.20. The van der Waals surface area contributed by atoms with Crippen molar-refractivity contribution >= 4 is 29.6 Å². The Labute approximate surface area is 195 Å². The number of aryl methyl sites for hydroxylation is 1. The molecule has 0 radical (unpaired) electrons. The van der Waals surface area contributed by atoms with Gasteiger partial charge in [0.1, 0.15) is 29.5 Å². The second kappa shape index (κ2) is 9.58. The van der Waals surface area contributed by atoms with Gasteiger partial charge in [-0.25, -0.2) is 14.1 Å². The summed E-state index contributed by atoms with van der Waals surface area (Å²) in [6.45, 7) is 1.93. The van der Waals surface area contributed by atoms with E-state index in [0.29, 0.717) is 28.3 Å². The Bertz CT molecular complexity index is 1300. The number of anilines is 1. The van der Waals surface area contributed by atoms with Crippen LogP contribution < -0.4 is 19.7 Å². The third-order valence-electron chi connectivity index (χ3n) is 5.20. The molecule has 34 heavy (non-hydrogen) atoms. The van der Waals surface area contributed by atoms with Crippen LogP contribution >= 0.6 is 0 Å². The van der Waals surface area contributed by atoms with Crippen molar-refractivity contribution < 1.29 is 28.2 Å². The molecule has 7 nitrogen and oxygen atoms in total. The van der Waals surface area contributed by atoms with Gasteiger partial charge in [-0.05, 0) is 55.0 Å². The molecule has 1 fully saturated rings. The predicted octanol–water partition coefficient (Wildman–Crippen LogP) is 4.39. The maximum atomic E-state index is 13.5. The zero-order chi connectivity index (χ0) is 24.2. The van der Waals surface area contributed by atoms with Gasteiger partial charge in [-0.3, -0.25) is 14.9 Å². The predicted molar refractivity (Wildman–Crippen MR) is 124 cm³/mol. The number of imide groups is 2. The Kier molecular flexibility index (Phi) is 6.40. The Morgan fingerprint density at radius 1 is 1.00 bits per heavy atom. The van der Waals surface area contributed by atoms with Gasteiger partial charge in [0, 0.05) is 11.6 Å². The summed E-state index contributed by atoms with van der Waals surface area (Å²) in [6.07, 6.45) is 1.35. The van der Waals surface area contributed by atoms with Crippen molar-refractivity contribution in [3.63, 3.8) is 0 Å². The van der Waals surface area contributed by atoms with Gasteiger partial charge in [0.05, 0.1) is 12.8 Å². The lowest BCUT2D eigenvalue weighted by molar-refractivity contribution is -0.122. The quantitative estimate of drug-likeness (QED) is 0.436. The Balaban J connectivity index is 1.68. The SMILES string of the molecule is COc1ccc(/C=C2\C(=O)NC(=O)N(c3ccc(C)cc3)C2=O)c(OCc2cccc(F)c2)c1. The number of carbonyl (C=O) groups is 3. The number of hydrogen-bond donors (Lipinski definition) is 1. The lowest BCUT2D eigenvalue weighted by Crippen LogP contribution is -2.54. The summed E-state index contributed by atoms with van der Waals surface area (Å²) < 4.78 is 24.6. The minimum absolute atomic E-state index is 0.0508. The van der Waals surface area contributed by atoms with Crippen molar-refractivity contribution in [2.75, 3.05) is 12.0 Å². The van der Waals surface area contributed by atoms with Gasteiger partial charge in [-0.1, -0.05) is 29.8 Å². The smallest absolute Gasteiger partial charge is 0.335 e. The molecular weight excluding hydrogens is 439 g/mol. The molecule has 0 aromatic heterocycles. The molecule has 8 heteroatoms. The first kappa shape index (κ1) is 22.7. The molecule has 0 aliphatic carbocycles. The molecule has 4 rings (SSSR count). The maximum absolute atomic E-state index is 13.5. The summed E-state index contributed by atoms with van der Waals surface area (Å²) >= 11 is 0. The molecule has 172 valence electrons. The molecular formula is C26H21FN2O5. The molecule has 1 N–H and O–H groups in total. The van der Waals surface area contributed by atoms with E-state index in [-0.39, 0.29) is 18.0 Å². The lowest BCUT2D eigenvalue weighted by atomic mass is 10.1. The number of nitrogens with zero attached hydrogens (tertiary/aromatic N) is 1. The molecule has 0 spiro atoms. The van der Waals surface area contributed by atoms with Crippen molar-refractivity contribution in [2.45, 2.75) is 13.5 Å². The van der Waals surface area contributed by atoms with Gasteiger partial charge in [0.25, 0.3) is 11.8 Å². The van der Waals surface area contributed by atoms with Crippen LogP contribution in [0.5, 0.6) is 11.5 Å². The van der Waals surface area contributed by atoms with Gasteiger partial charge in [0.15, 0.2) is 0 Å². The van der Waals surface area contributed by atoms with Gasteiger partial charge < -0.3 is 9.47 Å². The van der Waals surface area contributed by atoms with Crippen molar-refractivity contribution in [1.29, 1.82) is 0 Å². The lowest BCUT2D eigenvalue weighted by Gasteiger charge is -2.26. The second-order valence-electron chi connectivity index (χ2n) is 7.62. The summed E-state index contributed by atoms with van der Waals surface area (Å²) in [5, 5.41) is 2.20. The number of hydrogen-bond acceptors (Lipinski definition) is 5. The molecule has 1 saturated heterocycles. The topological polar surface area (TPSA) is 84.9 Å². The van der Waals surface area contributed by atoms with E-state index in [1.807, 2.05) is 6.92 Å². The van der Waals surface area contributed by atoms with Gasteiger partial charge in [-0.2, -0.15) is 0 Å². The summed E-state index contributed by atoms with van der Waals surface area (Å²) in [7, 11) is 1.49. The number of urea groups is 1. The molecule has 1 heterocycles. The zero-order valence-electron chi connectivity index (χ0n) is 18.5. The molecule has 0 unspecified atom stereocenters. The van der Waals surface area contributed by atoms with E-state index in [4.69, 9.17) is 9.47 Å². The minimum Gasteiger partial charge on any atom is -0.497 e. The number of carbonyl (C=O) groups excluding carboxylic acids is 3. The normalized spacial score (nSPS) is 14.9. The van der Waals surface area contributed by atoms with Crippen LogP contribution in [0.15, 0.2) is 72.3 Å². The van der Waals surface area contributed by atoms with Gasteiger partial charge in [0.2, 0.25) is 0 Å². The highest BCUT2D eigenvalue weighted by atomic mass is 19.1. The van der Waals surface area contributed by atoms with E-state index in [9.17, 15) is 18.8 Å². The van der Waals surface area contributed by atoms with Crippen LogP contribution in [0.25, 0.3) is 6.08 Å². The monoisotopic (exact) mass is 460 g/mol. The summed E-state index contributed by atoms with van der Waals surface area (Å²) in [4.78, 5) is 39.0. The van der Waals surface area contributed by atoms with Crippen molar-refractivity contribution in [3.8, 4) is 11.5 Å². The van der Waals surface area contributed by atoms with Crippen LogP contribution in [0, 0.1) is 12.7 Å². The molecule has 3 aromatic rings. The third kappa shape index (κ3) is 4.80. The molecule has 0 saturated carbocycles. The highest BCUT2D eigenvalue weighted by Gasteiger charge is 2.37. The van der Waals surface area contributed by atoms with E-state index in [1.165, 1.54) is 25.3 Å². The first-order chi connectivity index (χ1) is 16.4. The second-order valence-corrected chi connectivity index (χ2v) is 7.62. The van der Waals surface area contributed by atoms with E-state index in [0.717, 1.165) is 10.5 Å². The minimum atomic E-state index is -0.826. The molecule has 1 aliphatic heterocycles. The molecule has 1 aliphatic rings. The van der Waals surface area contributed by atoms with E-state index in [1.54, 1.807) is 54.6 Å². The van der Waals surface area contributed by atoms with Crippen LogP contribution in [0.3, 0.4) is 0 Å². The van der Waals surface area contributed by atoms with Crippen LogP contribution in [-0.4, -0.2) is 25.0 Å². The average molecular weight is 460 g/mol. The number of methoxy groups -OCH3 is 1. The summed E-state index contributed by atoms with van der Waals surface area (Å²) in [5.74, 6) is -1.16. The molecule has 3 aromatic carbocycles. The highest BCUT2D eigenvalue weighted by molar-refractivity contribution is 6.39. The maximum Gasteiger partial charge on any atom is 0.335 e. The first-order valence-electron chi connectivity index (χ1n) is 10.4. The average Bonchev–Trinajstić information content (AvgIpc) is 2.82. The van der Waals surface area contributed by atoms with E-state index < -0.39 is 17.8 Å². The van der Waals surface area contributed by atoms with E-state index in [2.05, 4.69) is 5.32 Å². The Hall–Kier alpha value is -4.46. The zero-order valence-corrected chi connectivity index (χ0v) is 18.5. The van der Waals surface area contributed by atoms with Crippen LogP contribution in [0.1, 0.15) is 16.7 Å². The fourth-order valence-electron chi connectivity index (χ4n) is 3.42. The Morgan fingerprint density at radius 2 is 1.76 bits per heavy atom. The largest absolute Gasteiger partial charge is 0.497 e. The number of barbiturate groups is 1. The van der Waals surface area contributed by atoms with Crippen LogP contribution in [-0.2, 0) is 16.2 Å². The van der Waals surface area contributed by atoms with Crippen molar-refractivity contribution in [1.82, 2.24) is 5.32 Å². The van der Waals surface area contributed by atoms with Gasteiger partial charge >= 0.3 is 6.03 Å². The summed E-state index contributed by atoms with van der Waals surface area (Å²) in [5.41, 5.74) is 2.07. The summed E-state index contributed by atoms with van der Waals surface area (Å²) in [6, 6.07) is 16.8. The van der Waals surface area contributed by atoms with Crippen molar-refractivity contribution in [3.05, 3.63) is 94.8 Å². The molecule has 4 amide bonds. The Morgan fingerprint density at radius 3 is 2.47 bits per heavy atom. The number of nitrogens with one attached hydrogen (secondary N) is 1. The fourth-order valence-corrected chi connectivity index (χ4v) is 3.42. The standard InChI is InChI=1S/C26H21FN2O5/c1-16-6-9-20(10-7-16)29-25(31)22(24(30)28-26(29)32)13-18-8-11-21(33-2)14-23(18)34-15-17-4-3-5-19(27)12-17/h3-14H,15H2,1-2H3,(H,28,30,32)/b22-13+. The molecule has 0 bridgehead atoms.